The first-order valence-electron chi connectivity index (χ1n) is 8.82. The molecule has 4 N–H and O–H groups in total. The van der Waals surface area contributed by atoms with Crippen molar-refractivity contribution in [3.63, 3.8) is 0 Å². The second kappa shape index (κ2) is 7.16. The second-order valence-corrected chi connectivity index (χ2v) is 7.19. The number of rotatable bonds is 5. The molecule has 0 radical (unpaired) electrons. The van der Waals surface area contributed by atoms with Gasteiger partial charge in [0.15, 0.2) is 0 Å². The number of hydrogen-bond donors (Lipinski definition) is 3. The van der Waals surface area contributed by atoms with Crippen molar-refractivity contribution in [2.75, 3.05) is 6.54 Å². The van der Waals surface area contributed by atoms with Crippen molar-refractivity contribution >= 4 is 29.2 Å². The molecule has 130 valence electrons. The minimum Gasteiger partial charge on any atom is -0.361 e. The summed E-state index contributed by atoms with van der Waals surface area (Å²) in [5.74, 6) is 1.36. The van der Waals surface area contributed by atoms with Crippen LogP contribution in [0.25, 0.3) is 10.9 Å². The van der Waals surface area contributed by atoms with Gasteiger partial charge in [-0.2, -0.15) is 0 Å². The van der Waals surface area contributed by atoms with E-state index in [4.69, 9.17) is 5.73 Å². The fourth-order valence-corrected chi connectivity index (χ4v) is 4.67. The standard InChI is InChI=1S/C19H25N3O.ClH/c20-18-13-8-7-12(10-13)17(18)19(23)21-9-3-4-14-11-22-16-6-2-1-5-15(14)16;/h1-2,5-6,11-13,17-18,22H,3-4,7-10,20H2,(H,21,23);1H. The molecule has 1 aromatic heterocycles. The third kappa shape index (κ3) is 3.05. The first-order valence-corrected chi connectivity index (χ1v) is 8.82. The smallest absolute Gasteiger partial charge is 0.224 e. The summed E-state index contributed by atoms with van der Waals surface area (Å²) in [6, 6.07) is 8.44. The van der Waals surface area contributed by atoms with E-state index in [0.29, 0.717) is 11.8 Å². The summed E-state index contributed by atoms with van der Waals surface area (Å²) in [5.41, 5.74) is 8.75. The van der Waals surface area contributed by atoms with E-state index in [2.05, 4.69) is 34.7 Å². The molecular weight excluding hydrogens is 322 g/mol. The topological polar surface area (TPSA) is 70.9 Å². The minimum absolute atomic E-state index is 0. The molecule has 2 fully saturated rings. The number of aromatic nitrogens is 1. The van der Waals surface area contributed by atoms with Gasteiger partial charge in [-0.1, -0.05) is 18.2 Å². The van der Waals surface area contributed by atoms with Crippen molar-refractivity contribution in [2.24, 2.45) is 23.5 Å². The summed E-state index contributed by atoms with van der Waals surface area (Å²) < 4.78 is 0. The highest BCUT2D eigenvalue weighted by Gasteiger charge is 2.48. The van der Waals surface area contributed by atoms with Crippen LogP contribution in [0.2, 0.25) is 0 Å². The van der Waals surface area contributed by atoms with E-state index in [1.54, 1.807) is 0 Å². The largest absolute Gasteiger partial charge is 0.361 e. The van der Waals surface area contributed by atoms with Gasteiger partial charge in [0.25, 0.3) is 0 Å². The molecule has 4 unspecified atom stereocenters. The highest BCUT2D eigenvalue weighted by atomic mass is 35.5. The van der Waals surface area contributed by atoms with E-state index in [-0.39, 0.29) is 30.3 Å². The molecule has 4 atom stereocenters. The van der Waals surface area contributed by atoms with Gasteiger partial charge in [-0.05, 0) is 55.6 Å². The highest BCUT2D eigenvalue weighted by molar-refractivity contribution is 5.85. The lowest BCUT2D eigenvalue weighted by molar-refractivity contribution is -0.127. The van der Waals surface area contributed by atoms with Crippen molar-refractivity contribution in [1.29, 1.82) is 0 Å². The number of para-hydroxylation sites is 1. The number of benzene rings is 1. The quantitative estimate of drug-likeness (QED) is 0.727. The molecule has 2 aliphatic carbocycles. The van der Waals surface area contributed by atoms with Crippen molar-refractivity contribution in [2.45, 2.75) is 38.1 Å². The molecule has 2 aliphatic rings. The van der Waals surface area contributed by atoms with Crippen LogP contribution in [-0.2, 0) is 11.2 Å². The van der Waals surface area contributed by atoms with Crippen molar-refractivity contribution in [3.05, 3.63) is 36.0 Å². The molecule has 4 nitrogen and oxygen atoms in total. The second-order valence-electron chi connectivity index (χ2n) is 7.19. The Morgan fingerprint density at radius 2 is 2.04 bits per heavy atom. The number of aryl methyl sites for hydroxylation is 1. The predicted octanol–water partition coefficient (Wildman–Crippen LogP) is 3.01. The van der Waals surface area contributed by atoms with Crippen molar-refractivity contribution in [3.8, 4) is 0 Å². The third-order valence-electron chi connectivity index (χ3n) is 5.88. The molecule has 1 amide bonds. The van der Waals surface area contributed by atoms with Crippen LogP contribution in [0.15, 0.2) is 30.5 Å². The van der Waals surface area contributed by atoms with Crippen LogP contribution in [0, 0.1) is 17.8 Å². The molecule has 0 saturated heterocycles. The Morgan fingerprint density at radius 1 is 1.25 bits per heavy atom. The van der Waals surface area contributed by atoms with E-state index in [1.807, 2.05) is 6.07 Å². The average Bonchev–Trinajstić information content (AvgIpc) is 3.26. The van der Waals surface area contributed by atoms with E-state index in [1.165, 1.54) is 29.3 Å². The molecule has 0 spiro atoms. The van der Waals surface area contributed by atoms with Gasteiger partial charge in [-0.25, -0.2) is 0 Å². The van der Waals surface area contributed by atoms with Crippen LogP contribution >= 0.6 is 12.4 Å². The Hall–Kier alpha value is -1.52. The number of H-pyrrole nitrogens is 1. The summed E-state index contributed by atoms with van der Waals surface area (Å²) in [4.78, 5) is 15.7. The van der Waals surface area contributed by atoms with Gasteiger partial charge in [-0.3, -0.25) is 4.79 Å². The van der Waals surface area contributed by atoms with E-state index >= 15 is 0 Å². The summed E-state index contributed by atoms with van der Waals surface area (Å²) >= 11 is 0. The number of fused-ring (bicyclic) bond motifs is 3. The number of carbonyl (C=O) groups excluding carboxylic acids is 1. The van der Waals surface area contributed by atoms with Gasteiger partial charge in [0.2, 0.25) is 5.91 Å². The van der Waals surface area contributed by atoms with E-state index in [0.717, 1.165) is 25.8 Å². The molecule has 1 heterocycles. The van der Waals surface area contributed by atoms with Gasteiger partial charge in [0.05, 0.1) is 5.92 Å². The van der Waals surface area contributed by atoms with Crippen molar-refractivity contribution < 1.29 is 4.79 Å². The molecule has 5 heteroatoms. The van der Waals surface area contributed by atoms with Gasteiger partial charge in [0.1, 0.15) is 0 Å². The molecule has 0 aliphatic heterocycles. The van der Waals surface area contributed by atoms with Gasteiger partial charge in [0, 0.05) is 29.7 Å². The maximum absolute atomic E-state index is 12.4. The van der Waals surface area contributed by atoms with E-state index < -0.39 is 0 Å². The normalized spacial score (nSPS) is 28.0. The summed E-state index contributed by atoms with van der Waals surface area (Å²) in [6.07, 6.45) is 7.59. The summed E-state index contributed by atoms with van der Waals surface area (Å²) in [5, 5.41) is 4.41. The number of amides is 1. The number of halogens is 1. The lowest BCUT2D eigenvalue weighted by Gasteiger charge is -2.27. The Kier molecular flexibility index (Phi) is 5.16. The lowest BCUT2D eigenvalue weighted by Crippen LogP contribution is -2.45. The molecule has 2 aromatic rings. The Morgan fingerprint density at radius 3 is 2.83 bits per heavy atom. The summed E-state index contributed by atoms with van der Waals surface area (Å²) in [6.45, 7) is 0.735. The maximum Gasteiger partial charge on any atom is 0.224 e. The van der Waals surface area contributed by atoms with Crippen LogP contribution in [-0.4, -0.2) is 23.5 Å². The number of nitrogens with two attached hydrogens (primary N) is 1. The Balaban J connectivity index is 0.00000169. The SMILES string of the molecule is Cl.NC1C2CCC(C2)C1C(=O)NCCCc1c[nH]c2ccccc12. The van der Waals surface area contributed by atoms with Gasteiger partial charge in [-0.15, -0.1) is 12.4 Å². The molecule has 24 heavy (non-hydrogen) atoms. The monoisotopic (exact) mass is 347 g/mol. The van der Waals surface area contributed by atoms with Crippen LogP contribution in [0.4, 0.5) is 0 Å². The molecule has 4 rings (SSSR count). The van der Waals surface area contributed by atoms with Gasteiger partial charge >= 0.3 is 0 Å². The Bertz CT molecular complexity index is 711. The zero-order valence-electron chi connectivity index (χ0n) is 13.8. The fraction of sp³-hybridized carbons (Fsp3) is 0.526. The fourth-order valence-electron chi connectivity index (χ4n) is 4.67. The number of aromatic amines is 1. The first-order chi connectivity index (χ1) is 11.2. The molecule has 2 saturated carbocycles. The zero-order chi connectivity index (χ0) is 15.8. The molecule has 1 aromatic carbocycles. The minimum atomic E-state index is 0. The summed E-state index contributed by atoms with van der Waals surface area (Å²) in [7, 11) is 0. The average molecular weight is 348 g/mol. The maximum atomic E-state index is 12.4. The van der Waals surface area contributed by atoms with Crippen LogP contribution in [0.5, 0.6) is 0 Å². The first kappa shape index (κ1) is 17.3. The molecule has 2 bridgehead atoms. The van der Waals surface area contributed by atoms with Crippen molar-refractivity contribution in [1.82, 2.24) is 10.3 Å². The Labute approximate surface area is 149 Å². The number of nitrogens with one attached hydrogen (secondary N) is 2. The predicted molar refractivity (Wildman–Crippen MR) is 99.2 cm³/mol. The van der Waals surface area contributed by atoms with Crippen LogP contribution in [0.3, 0.4) is 0 Å². The van der Waals surface area contributed by atoms with Crippen LogP contribution < -0.4 is 11.1 Å². The lowest BCUT2D eigenvalue weighted by atomic mass is 9.84. The van der Waals surface area contributed by atoms with Crippen LogP contribution in [0.1, 0.15) is 31.2 Å². The molecular formula is C19H26ClN3O. The van der Waals surface area contributed by atoms with E-state index in [9.17, 15) is 4.79 Å². The zero-order valence-corrected chi connectivity index (χ0v) is 14.6. The number of carbonyl (C=O) groups is 1. The van der Waals surface area contributed by atoms with Gasteiger partial charge < -0.3 is 16.0 Å². The highest BCUT2D eigenvalue weighted by Crippen LogP contribution is 2.47. The number of hydrogen-bond acceptors (Lipinski definition) is 2. The third-order valence-corrected chi connectivity index (χ3v) is 5.88.